The van der Waals surface area contributed by atoms with E-state index in [0.29, 0.717) is 30.0 Å². The maximum atomic E-state index is 13.7. The lowest BCUT2D eigenvalue weighted by Crippen LogP contribution is -2.48. The van der Waals surface area contributed by atoms with Gasteiger partial charge >= 0.3 is 6.18 Å². The molecule has 0 bridgehead atoms. The second-order valence-corrected chi connectivity index (χ2v) is 11.7. The van der Waals surface area contributed by atoms with Crippen molar-refractivity contribution in [3.05, 3.63) is 124 Å². The maximum absolute atomic E-state index is 13.7. The van der Waals surface area contributed by atoms with Crippen molar-refractivity contribution in [2.75, 3.05) is 13.1 Å². The molecule has 0 unspecified atom stereocenters. The highest BCUT2D eigenvalue weighted by molar-refractivity contribution is 6.00. The molecule has 0 spiro atoms. The van der Waals surface area contributed by atoms with Gasteiger partial charge in [0.1, 0.15) is 12.3 Å². The summed E-state index contributed by atoms with van der Waals surface area (Å²) in [5, 5.41) is 17.1. The topological polar surface area (TPSA) is 108 Å². The van der Waals surface area contributed by atoms with Crippen LogP contribution in [0.15, 0.2) is 83.5 Å². The molecule has 8 nitrogen and oxygen atoms in total. The first-order chi connectivity index (χ1) is 22.0. The Morgan fingerprint density at radius 1 is 1.02 bits per heavy atom. The maximum Gasteiger partial charge on any atom is 0.416 e. The number of aryl methyl sites for hydroxylation is 2. The van der Waals surface area contributed by atoms with Crippen LogP contribution in [0.3, 0.4) is 0 Å². The van der Waals surface area contributed by atoms with Crippen molar-refractivity contribution in [3.8, 4) is 0 Å². The van der Waals surface area contributed by atoms with Gasteiger partial charge in [-0.2, -0.15) is 13.2 Å². The number of aromatic nitrogens is 1. The Morgan fingerprint density at radius 3 is 2.48 bits per heavy atom. The SMILES string of the molecule is Cc1cc(C(=O)N[C@@H](Cc2ccccc2)[C@H](O)CNCc2cccc(C(F)(F)F)c2)cc(C(=O)N2CCC[C@@H]2c2nc(C)co2)c1. The highest BCUT2D eigenvalue weighted by Crippen LogP contribution is 2.33. The van der Waals surface area contributed by atoms with Crippen LogP contribution >= 0.6 is 0 Å². The summed E-state index contributed by atoms with van der Waals surface area (Å²) < 4.78 is 45.0. The largest absolute Gasteiger partial charge is 0.446 e. The fourth-order valence-electron chi connectivity index (χ4n) is 5.76. The molecule has 5 rings (SSSR count). The van der Waals surface area contributed by atoms with Crippen molar-refractivity contribution in [1.29, 1.82) is 0 Å². The van der Waals surface area contributed by atoms with Crippen LogP contribution < -0.4 is 10.6 Å². The van der Waals surface area contributed by atoms with Gasteiger partial charge in [-0.3, -0.25) is 9.59 Å². The van der Waals surface area contributed by atoms with Gasteiger partial charge in [-0.15, -0.1) is 0 Å². The monoisotopic (exact) mass is 634 g/mol. The Hall–Kier alpha value is -4.48. The molecule has 242 valence electrons. The lowest BCUT2D eigenvalue weighted by atomic mass is 9.99. The van der Waals surface area contributed by atoms with Crippen molar-refractivity contribution in [2.45, 2.75) is 64.0 Å². The molecule has 0 saturated carbocycles. The van der Waals surface area contributed by atoms with E-state index in [-0.39, 0.29) is 30.6 Å². The number of nitrogens with one attached hydrogen (secondary N) is 2. The van der Waals surface area contributed by atoms with Crippen LogP contribution in [0.1, 0.15) is 73.4 Å². The number of alkyl halides is 3. The van der Waals surface area contributed by atoms with Crippen LogP contribution in [-0.2, 0) is 19.1 Å². The van der Waals surface area contributed by atoms with E-state index in [0.717, 1.165) is 41.8 Å². The van der Waals surface area contributed by atoms with Crippen molar-refractivity contribution in [1.82, 2.24) is 20.5 Å². The molecule has 1 aliphatic rings. The summed E-state index contributed by atoms with van der Waals surface area (Å²) >= 11 is 0. The molecule has 1 fully saturated rings. The standard InChI is InChI=1S/C35H37F3N4O4/c1-22-14-26(18-27(15-22)34(45)42-13-7-12-30(42)33-40-23(2)21-46-33)32(44)41-29(17-24-8-4-3-5-9-24)31(43)20-39-19-25-10-6-11-28(16-25)35(36,37)38/h3-6,8-11,14-16,18,21,29-31,39,43H,7,12-13,17,19-20H2,1-2H3,(H,41,44)/t29-,30+,31+/m0/s1. The van der Waals surface area contributed by atoms with E-state index in [1.54, 1.807) is 42.4 Å². The number of aliphatic hydroxyl groups is 1. The summed E-state index contributed by atoms with van der Waals surface area (Å²) in [5.74, 6) is -0.193. The first-order valence-electron chi connectivity index (χ1n) is 15.2. The molecule has 3 atom stereocenters. The molecule has 1 saturated heterocycles. The summed E-state index contributed by atoms with van der Waals surface area (Å²) in [5.41, 5.74) is 2.65. The molecule has 3 aromatic carbocycles. The summed E-state index contributed by atoms with van der Waals surface area (Å²) in [7, 11) is 0. The highest BCUT2D eigenvalue weighted by Gasteiger charge is 2.34. The Bertz CT molecular complexity index is 1660. The van der Waals surface area contributed by atoms with Gasteiger partial charge in [-0.25, -0.2) is 4.98 Å². The summed E-state index contributed by atoms with van der Waals surface area (Å²) in [6.07, 6.45) is -2.12. The molecule has 1 aromatic heterocycles. The van der Waals surface area contributed by atoms with Crippen molar-refractivity contribution in [2.24, 2.45) is 0 Å². The number of carbonyl (C=O) groups excluding carboxylic acids is 2. The van der Waals surface area contributed by atoms with Crippen LogP contribution in [0.4, 0.5) is 13.2 Å². The summed E-state index contributed by atoms with van der Waals surface area (Å²) in [4.78, 5) is 33.4. The van der Waals surface area contributed by atoms with E-state index in [4.69, 9.17) is 4.42 Å². The third-order valence-electron chi connectivity index (χ3n) is 8.04. The van der Waals surface area contributed by atoms with Crippen LogP contribution in [0.5, 0.6) is 0 Å². The lowest BCUT2D eigenvalue weighted by molar-refractivity contribution is -0.137. The molecule has 2 amide bonds. The third kappa shape index (κ3) is 8.21. The zero-order valence-corrected chi connectivity index (χ0v) is 25.7. The van der Waals surface area contributed by atoms with E-state index in [9.17, 15) is 27.9 Å². The van der Waals surface area contributed by atoms with Crippen LogP contribution in [0.25, 0.3) is 0 Å². The smallest absolute Gasteiger partial charge is 0.416 e. The molecule has 1 aliphatic heterocycles. The first-order valence-corrected chi connectivity index (χ1v) is 15.2. The molecule has 11 heteroatoms. The molecule has 4 aromatic rings. The number of nitrogens with zero attached hydrogens (tertiary/aromatic N) is 2. The predicted octanol–water partition coefficient (Wildman–Crippen LogP) is 5.78. The number of aliphatic hydroxyl groups excluding tert-OH is 1. The minimum atomic E-state index is -4.45. The van der Waals surface area contributed by atoms with E-state index in [2.05, 4.69) is 15.6 Å². The van der Waals surface area contributed by atoms with Gasteiger partial charge in [0.15, 0.2) is 0 Å². The number of benzene rings is 3. The Balaban J connectivity index is 1.29. The number of hydrogen-bond donors (Lipinski definition) is 3. The van der Waals surface area contributed by atoms with Crippen molar-refractivity contribution >= 4 is 11.8 Å². The lowest BCUT2D eigenvalue weighted by Gasteiger charge is -2.25. The van der Waals surface area contributed by atoms with Crippen LogP contribution in [-0.4, -0.2) is 52.0 Å². The van der Waals surface area contributed by atoms with Gasteiger partial charge in [-0.1, -0.05) is 48.5 Å². The molecular weight excluding hydrogens is 597 g/mol. The number of carbonyl (C=O) groups is 2. The van der Waals surface area contributed by atoms with Crippen LogP contribution in [0.2, 0.25) is 0 Å². The molecule has 0 aliphatic carbocycles. The van der Waals surface area contributed by atoms with Crippen molar-refractivity contribution in [3.63, 3.8) is 0 Å². The van der Waals surface area contributed by atoms with Gasteiger partial charge in [0.2, 0.25) is 5.89 Å². The first kappa shape index (κ1) is 32.9. The zero-order valence-electron chi connectivity index (χ0n) is 25.7. The van der Waals surface area contributed by atoms with Crippen molar-refractivity contribution < 1.29 is 32.3 Å². The predicted molar refractivity (Wildman–Crippen MR) is 166 cm³/mol. The number of oxazole rings is 1. The van der Waals surface area contributed by atoms with Gasteiger partial charge in [-0.05, 0) is 74.1 Å². The second kappa shape index (κ2) is 14.3. The molecule has 2 heterocycles. The normalized spacial score (nSPS) is 16.3. The van der Waals surface area contributed by atoms with Gasteiger partial charge < -0.3 is 25.1 Å². The third-order valence-corrected chi connectivity index (χ3v) is 8.04. The Morgan fingerprint density at radius 2 is 1.76 bits per heavy atom. The molecule has 46 heavy (non-hydrogen) atoms. The van der Waals surface area contributed by atoms with E-state index in [1.165, 1.54) is 6.07 Å². The average Bonchev–Trinajstić information content (AvgIpc) is 3.69. The number of rotatable bonds is 11. The number of halogens is 3. The molecule has 3 N–H and O–H groups in total. The van der Waals surface area contributed by atoms with E-state index in [1.807, 2.05) is 37.3 Å². The minimum Gasteiger partial charge on any atom is -0.446 e. The molecule has 0 radical (unpaired) electrons. The van der Waals surface area contributed by atoms with Gasteiger partial charge in [0.25, 0.3) is 11.8 Å². The molecular formula is C35H37F3N4O4. The fourth-order valence-corrected chi connectivity index (χ4v) is 5.76. The van der Waals surface area contributed by atoms with Gasteiger partial charge in [0.05, 0.1) is 23.4 Å². The van der Waals surface area contributed by atoms with E-state index >= 15 is 0 Å². The van der Waals surface area contributed by atoms with E-state index < -0.39 is 29.8 Å². The average molecular weight is 635 g/mol. The zero-order chi connectivity index (χ0) is 32.8. The quantitative estimate of drug-likeness (QED) is 0.193. The second-order valence-electron chi connectivity index (χ2n) is 11.7. The summed E-state index contributed by atoms with van der Waals surface area (Å²) in [6, 6.07) is 18.3. The summed E-state index contributed by atoms with van der Waals surface area (Å²) in [6.45, 7) is 4.29. The number of hydrogen-bond acceptors (Lipinski definition) is 6. The highest BCUT2D eigenvalue weighted by atomic mass is 19.4. The minimum absolute atomic E-state index is 0.0161. The Kier molecular flexibility index (Phi) is 10.2. The van der Waals surface area contributed by atoms with Crippen LogP contribution in [0, 0.1) is 13.8 Å². The number of amides is 2. The fraction of sp³-hybridized carbons (Fsp3) is 0.343. The number of likely N-dealkylation sites (tertiary alicyclic amines) is 1. The van der Waals surface area contributed by atoms with Gasteiger partial charge in [0, 0.05) is 30.8 Å². The Labute approximate surface area is 265 Å².